The fourth-order valence-corrected chi connectivity index (χ4v) is 4.61. The van der Waals surface area contributed by atoms with Crippen molar-refractivity contribution < 1.29 is 4.79 Å². The molecule has 96 valence electrons. The van der Waals surface area contributed by atoms with Gasteiger partial charge in [-0.25, -0.2) is 0 Å². The third kappa shape index (κ3) is 2.05. The van der Waals surface area contributed by atoms with Crippen LogP contribution in [0.25, 0.3) is 0 Å². The number of aryl methyl sites for hydroxylation is 2. The van der Waals surface area contributed by atoms with Gasteiger partial charge in [0.15, 0.2) is 0 Å². The minimum Gasteiger partial charge on any atom is -0.325 e. The average Bonchev–Trinajstić information content (AvgIpc) is 2.47. The van der Waals surface area contributed by atoms with Crippen molar-refractivity contribution in [2.45, 2.75) is 49.7 Å². The van der Waals surface area contributed by atoms with E-state index in [1.807, 2.05) is 11.8 Å². The SMILES string of the molecule is Cc1cc(C)c2c(c1)NC(=O)C1CCCCC1S2. The van der Waals surface area contributed by atoms with Crippen LogP contribution in [-0.2, 0) is 4.79 Å². The minimum atomic E-state index is 0.204. The van der Waals surface area contributed by atoms with Crippen LogP contribution in [0.2, 0.25) is 0 Å². The third-order valence-corrected chi connectivity index (χ3v) is 5.63. The molecule has 1 fully saturated rings. The Morgan fingerprint density at radius 1 is 1.22 bits per heavy atom. The van der Waals surface area contributed by atoms with Crippen LogP contribution in [0.3, 0.4) is 0 Å². The first-order valence-corrected chi connectivity index (χ1v) is 7.62. The number of carbonyl (C=O) groups excluding carboxylic acids is 1. The highest BCUT2D eigenvalue weighted by Crippen LogP contribution is 2.45. The average molecular weight is 261 g/mol. The maximum absolute atomic E-state index is 12.3. The Bertz CT molecular complexity index is 498. The van der Waals surface area contributed by atoms with Crippen molar-refractivity contribution in [1.29, 1.82) is 0 Å². The summed E-state index contributed by atoms with van der Waals surface area (Å²) in [7, 11) is 0. The normalized spacial score (nSPS) is 26.9. The zero-order chi connectivity index (χ0) is 12.7. The zero-order valence-electron chi connectivity index (χ0n) is 11.0. The first-order chi connectivity index (χ1) is 8.65. The van der Waals surface area contributed by atoms with E-state index < -0.39 is 0 Å². The molecule has 1 N–H and O–H groups in total. The molecular formula is C15H19NOS. The Labute approximate surface area is 113 Å². The van der Waals surface area contributed by atoms with Gasteiger partial charge in [0.1, 0.15) is 0 Å². The number of rotatable bonds is 0. The van der Waals surface area contributed by atoms with Crippen LogP contribution < -0.4 is 5.32 Å². The fraction of sp³-hybridized carbons (Fsp3) is 0.533. The third-order valence-electron chi connectivity index (χ3n) is 3.99. The van der Waals surface area contributed by atoms with Gasteiger partial charge in [-0.3, -0.25) is 4.79 Å². The van der Waals surface area contributed by atoms with Crippen molar-refractivity contribution in [2.75, 3.05) is 5.32 Å². The number of anilines is 1. The molecule has 1 heterocycles. The van der Waals surface area contributed by atoms with Gasteiger partial charge in [-0.05, 0) is 43.9 Å². The molecule has 1 aliphatic carbocycles. The fourth-order valence-electron chi connectivity index (χ4n) is 3.12. The highest BCUT2D eigenvalue weighted by Gasteiger charge is 2.35. The van der Waals surface area contributed by atoms with Gasteiger partial charge < -0.3 is 5.32 Å². The molecule has 1 aliphatic heterocycles. The van der Waals surface area contributed by atoms with Crippen LogP contribution in [0.4, 0.5) is 5.69 Å². The topological polar surface area (TPSA) is 29.1 Å². The van der Waals surface area contributed by atoms with E-state index in [9.17, 15) is 4.79 Å². The van der Waals surface area contributed by atoms with Gasteiger partial charge in [0.25, 0.3) is 0 Å². The van der Waals surface area contributed by atoms with Gasteiger partial charge in [0.2, 0.25) is 5.91 Å². The number of benzene rings is 1. The Morgan fingerprint density at radius 3 is 2.83 bits per heavy atom. The molecule has 1 aromatic carbocycles. The van der Waals surface area contributed by atoms with Gasteiger partial charge in [0.05, 0.1) is 11.6 Å². The van der Waals surface area contributed by atoms with Crippen LogP contribution in [0.5, 0.6) is 0 Å². The summed E-state index contributed by atoms with van der Waals surface area (Å²) < 4.78 is 0. The van der Waals surface area contributed by atoms with E-state index in [1.54, 1.807) is 0 Å². The summed E-state index contributed by atoms with van der Waals surface area (Å²) in [5.41, 5.74) is 3.54. The number of amides is 1. The zero-order valence-corrected chi connectivity index (χ0v) is 11.8. The smallest absolute Gasteiger partial charge is 0.228 e. The number of hydrogen-bond donors (Lipinski definition) is 1. The number of thioether (sulfide) groups is 1. The van der Waals surface area contributed by atoms with Crippen molar-refractivity contribution >= 4 is 23.4 Å². The molecule has 3 heteroatoms. The number of hydrogen-bond acceptors (Lipinski definition) is 2. The lowest BCUT2D eigenvalue weighted by Gasteiger charge is -2.27. The van der Waals surface area contributed by atoms with Crippen LogP contribution in [-0.4, -0.2) is 11.2 Å². The van der Waals surface area contributed by atoms with E-state index in [4.69, 9.17) is 0 Å². The largest absolute Gasteiger partial charge is 0.325 e. The lowest BCUT2D eigenvalue weighted by molar-refractivity contribution is -0.120. The molecule has 2 nitrogen and oxygen atoms in total. The van der Waals surface area contributed by atoms with Crippen LogP contribution >= 0.6 is 11.8 Å². The Kier molecular flexibility index (Phi) is 3.10. The molecule has 0 aromatic heterocycles. The summed E-state index contributed by atoms with van der Waals surface area (Å²) in [6.45, 7) is 4.23. The maximum atomic E-state index is 12.3. The Morgan fingerprint density at radius 2 is 2.00 bits per heavy atom. The molecule has 2 aliphatic rings. The first-order valence-electron chi connectivity index (χ1n) is 6.74. The Balaban J connectivity index is 2.03. The second kappa shape index (κ2) is 4.61. The van der Waals surface area contributed by atoms with Gasteiger partial charge >= 0.3 is 0 Å². The van der Waals surface area contributed by atoms with Crippen LogP contribution in [0.15, 0.2) is 17.0 Å². The highest BCUT2D eigenvalue weighted by molar-refractivity contribution is 8.00. The van der Waals surface area contributed by atoms with E-state index in [0.29, 0.717) is 5.25 Å². The lowest BCUT2D eigenvalue weighted by atomic mass is 9.88. The molecule has 0 radical (unpaired) electrons. The second-order valence-corrected chi connectivity index (χ2v) is 6.74. The van der Waals surface area contributed by atoms with E-state index in [-0.39, 0.29) is 11.8 Å². The number of fused-ring (bicyclic) bond motifs is 2. The van der Waals surface area contributed by atoms with Crippen molar-refractivity contribution in [3.05, 3.63) is 23.3 Å². The second-order valence-electron chi connectivity index (χ2n) is 5.50. The van der Waals surface area contributed by atoms with E-state index in [0.717, 1.165) is 12.1 Å². The van der Waals surface area contributed by atoms with E-state index >= 15 is 0 Å². The van der Waals surface area contributed by atoms with Crippen molar-refractivity contribution in [3.8, 4) is 0 Å². The van der Waals surface area contributed by atoms with Crippen LogP contribution in [0, 0.1) is 19.8 Å². The van der Waals surface area contributed by atoms with Gasteiger partial charge in [0, 0.05) is 10.1 Å². The van der Waals surface area contributed by atoms with Crippen molar-refractivity contribution in [2.24, 2.45) is 5.92 Å². The van der Waals surface area contributed by atoms with E-state index in [2.05, 4.69) is 31.3 Å². The summed E-state index contributed by atoms with van der Waals surface area (Å²) in [5.74, 6) is 0.437. The standard InChI is InChI=1S/C15H19NOS/c1-9-7-10(2)14-12(8-9)16-15(17)11-5-3-4-6-13(11)18-14/h7-8,11,13H,3-6H2,1-2H3,(H,16,17). The molecule has 1 saturated carbocycles. The molecule has 18 heavy (non-hydrogen) atoms. The molecule has 3 rings (SSSR count). The summed E-state index contributed by atoms with van der Waals surface area (Å²) in [6.07, 6.45) is 4.69. The maximum Gasteiger partial charge on any atom is 0.228 e. The molecule has 1 amide bonds. The highest BCUT2D eigenvalue weighted by atomic mass is 32.2. The molecular weight excluding hydrogens is 242 g/mol. The lowest BCUT2D eigenvalue weighted by Crippen LogP contribution is -2.31. The molecule has 0 spiro atoms. The summed E-state index contributed by atoms with van der Waals surface area (Å²) in [6, 6.07) is 4.31. The van der Waals surface area contributed by atoms with Crippen molar-refractivity contribution in [1.82, 2.24) is 0 Å². The monoisotopic (exact) mass is 261 g/mol. The van der Waals surface area contributed by atoms with Gasteiger partial charge in [-0.15, -0.1) is 11.8 Å². The van der Waals surface area contributed by atoms with Gasteiger partial charge in [-0.2, -0.15) is 0 Å². The first kappa shape index (κ1) is 12.1. The molecule has 2 atom stereocenters. The number of carbonyl (C=O) groups is 1. The predicted molar refractivity (Wildman–Crippen MR) is 76.1 cm³/mol. The predicted octanol–water partition coefficient (Wildman–Crippen LogP) is 3.91. The Hall–Kier alpha value is -0.960. The van der Waals surface area contributed by atoms with Crippen LogP contribution in [0.1, 0.15) is 36.8 Å². The van der Waals surface area contributed by atoms with E-state index in [1.165, 1.54) is 35.3 Å². The molecule has 0 bridgehead atoms. The summed E-state index contributed by atoms with van der Waals surface area (Å²) >= 11 is 1.92. The molecule has 1 aromatic rings. The number of nitrogens with one attached hydrogen (secondary N) is 1. The summed E-state index contributed by atoms with van der Waals surface area (Å²) in [4.78, 5) is 13.6. The molecule has 2 unspecified atom stereocenters. The van der Waals surface area contributed by atoms with Gasteiger partial charge in [-0.1, -0.05) is 18.9 Å². The van der Waals surface area contributed by atoms with Crippen molar-refractivity contribution in [3.63, 3.8) is 0 Å². The summed E-state index contributed by atoms with van der Waals surface area (Å²) in [5, 5.41) is 3.62. The minimum absolute atomic E-state index is 0.204. The molecule has 0 saturated heterocycles. The quantitative estimate of drug-likeness (QED) is 0.767.